The summed E-state index contributed by atoms with van der Waals surface area (Å²) in [6.07, 6.45) is 0.541. The zero-order chi connectivity index (χ0) is 22.1. The summed E-state index contributed by atoms with van der Waals surface area (Å²) in [5.74, 6) is 0.807. The van der Waals surface area contributed by atoms with Crippen LogP contribution in [0.25, 0.3) is 0 Å². The zero-order valence-corrected chi connectivity index (χ0v) is 19.9. The van der Waals surface area contributed by atoms with E-state index in [0.29, 0.717) is 34.5 Å². The first kappa shape index (κ1) is 24.6. The summed E-state index contributed by atoms with van der Waals surface area (Å²) in [6.45, 7) is 6.12. The van der Waals surface area contributed by atoms with Crippen molar-refractivity contribution in [1.82, 2.24) is 10.2 Å². The fraction of sp³-hybridized carbons (Fsp3) is 0.391. The van der Waals surface area contributed by atoms with Gasteiger partial charge in [0, 0.05) is 28.4 Å². The van der Waals surface area contributed by atoms with Crippen LogP contribution >= 0.6 is 35.0 Å². The molecule has 0 aliphatic rings. The molecule has 1 N–H and O–H groups in total. The van der Waals surface area contributed by atoms with Gasteiger partial charge in [0.2, 0.25) is 11.8 Å². The number of amides is 2. The fourth-order valence-corrected chi connectivity index (χ4v) is 4.13. The molecule has 0 bridgehead atoms. The lowest BCUT2D eigenvalue weighted by Gasteiger charge is -2.31. The Morgan fingerprint density at radius 3 is 2.00 bits per heavy atom. The summed E-state index contributed by atoms with van der Waals surface area (Å²) in [5.41, 5.74) is 2.04. The van der Waals surface area contributed by atoms with Crippen molar-refractivity contribution in [3.05, 3.63) is 69.7 Å². The van der Waals surface area contributed by atoms with E-state index in [0.717, 1.165) is 11.1 Å². The highest BCUT2D eigenvalue weighted by molar-refractivity contribution is 7.99. The van der Waals surface area contributed by atoms with Crippen LogP contribution < -0.4 is 5.32 Å². The minimum atomic E-state index is -0.522. The summed E-state index contributed by atoms with van der Waals surface area (Å²) in [4.78, 5) is 27.6. The molecule has 0 radical (unpaired) electrons. The maximum absolute atomic E-state index is 13.1. The lowest BCUT2D eigenvalue weighted by molar-refractivity contribution is -0.139. The number of thioether (sulfide) groups is 1. The quantitative estimate of drug-likeness (QED) is 0.498. The molecule has 2 aromatic carbocycles. The van der Waals surface area contributed by atoms with Crippen LogP contribution in [0, 0.1) is 0 Å². The van der Waals surface area contributed by atoms with Gasteiger partial charge in [-0.1, -0.05) is 54.4 Å². The van der Waals surface area contributed by atoms with Gasteiger partial charge in [0.15, 0.2) is 0 Å². The number of carbonyl (C=O) groups excluding carboxylic acids is 2. The molecular formula is C23H28Cl2N2O2S. The van der Waals surface area contributed by atoms with Gasteiger partial charge >= 0.3 is 0 Å². The van der Waals surface area contributed by atoms with E-state index < -0.39 is 6.04 Å². The van der Waals surface area contributed by atoms with Gasteiger partial charge in [0.05, 0.1) is 5.75 Å². The van der Waals surface area contributed by atoms with E-state index in [1.165, 1.54) is 11.8 Å². The molecule has 2 aromatic rings. The Labute approximate surface area is 193 Å². The van der Waals surface area contributed by atoms with Crippen molar-refractivity contribution in [2.45, 2.75) is 51.6 Å². The van der Waals surface area contributed by atoms with Gasteiger partial charge in [-0.15, -0.1) is 11.8 Å². The van der Waals surface area contributed by atoms with Crippen molar-refractivity contribution in [1.29, 1.82) is 0 Å². The smallest absolute Gasteiger partial charge is 0.243 e. The Kier molecular flexibility index (Phi) is 10.0. The minimum Gasteiger partial charge on any atom is -0.352 e. The van der Waals surface area contributed by atoms with E-state index in [-0.39, 0.29) is 17.9 Å². The van der Waals surface area contributed by atoms with Crippen LogP contribution in [0.4, 0.5) is 0 Å². The second kappa shape index (κ2) is 12.2. The number of rotatable bonds is 10. The molecule has 2 amide bonds. The molecule has 162 valence electrons. The predicted molar refractivity (Wildman–Crippen MR) is 127 cm³/mol. The third kappa shape index (κ3) is 7.86. The highest BCUT2D eigenvalue weighted by Crippen LogP contribution is 2.19. The van der Waals surface area contributed by atoms with Crippen molar-refractivity contribution >= 4 is 46.8 Å². The van der Waals surface area contributed by atoms with Gasteiger partial charge in [-0.2, -0.15) is 0 Å². The van der Waals surface area contributed by atoms with Crippen LogP contribution in [-0.2, 0) is 21.9 Å². The van der Waals surface area contributed by atoms with Gasteiger partial charge in [-0.25, -0.2) is 0 Å². The van der Waals surface area contributed by atoms with Crippen molar-refractivity contribution in [2.24, 2.45) is 0 Å². The van der Waals surface area contributed by atoms with E-state index in [1.54, 1.807) is 17.0 Å². The van der Waals surface area contributed by atoms with Crippen LogP contribution in [-0.4, -0.2) is 34.6 Å². The lowest BCUT2D eigenvalue weighted by Crippen LogP contribution is -2.50. The fourth-order valence-electron chi connectivity index (χ4n) is 3.01. The molecule has 0 fully saturated rings. The van der Waals surface area contributed by atoms with E-state index in [2.05, 4.69) is 5.32 Å². The van der Waals surface area contributed by atoms with Gasteiger partial charge < -0.3 is 10.2 Å². The molecule has 0 aliphatic heterocycles. The number of benzene rings is 2. The average molecular weight is 467 g/mol. The lowest BCUT2D eigenvalue weighted by atomic mass is 10.1. The van der Waals surface area contributed by atoms with E-state index in [4.69, 9.17) is 23.2 Å². The summed E-state index contributed by atoms with van der Waals surface area (Å²) in [5, 5.41) is 4.27. The van der Waals surface area contributed by atoms with E-state index >= 15 is 0 Å². The number of nitrogens with zero attached hydrogens (tertiary/aromatic N) is 1. The SMILES string of the molecule is CCC(C(=O)NC(C)C)N(Cc1ccc(Cl)cc1)C(=O)CSCc1ccc(Cl)cc1. The summed E-state index contributed by atoms with van der Waals surface area (Å²) >= 11 is 13.4. The second-order valence-corrected chi connectivity index (χ2v) is 9.21. The first-order valence-corrected chi connectivity index (χ1v) is 11.9. The molecule has 30 heavy (non-hydrogen) atoms. The highest BCUT2D eigenvalue weighted by Gasteiger charge is 2.28. The molecule has 2 rings (SSSR count). The maximum atomic E-state index is 13.1. The van der Waals surface area contributed by atoms with E-state index in [1.807, 2.05) is 57.2 Å². The van der Waals surface area contributed by atoms with Crippen LogP contribution in [0.3, 0.4) is 0 Å². The number of carbonyl (C=O) groups is 2. The Balaban J connectivity index is 2.11. The third-order valence-corrected chi connectivity index (χ3v) is 5.98. The first-order chi connectivity index (χ1) is 14.3. The molecule has 0 spiro atoms. The summed E-state index contributed by atoms with van der Waals surface area (Å²) < 4.78 is 0. The zero-order valence-electron chi connectivity index (χ0n) is 17.5. The summed E-state index contributed by atoms with van der Waals surface area (Å²) in [7, 11) is 0. The first-order valence-electron chi connectivity index (χ1n) is 9.96. The monoisotopic (exact) mass is 466 g/mol. The van der Waals surface area contributed by atoms with Gasteiger partial charge in [0.25, 0.3) is 0 Å². The van der Waals surface area contributed by atoms with Crippen molar-refractivity contribution in [2.75, 3.05) is 5.75 Å². The van der Waals surface area contributed by atoms with E-state index in [9.17, 15) is 9.59 Å². The van der Waals surface area contributed by atoms with Crippen molar-refractivity contribution in [3.8, 4) is 0 Å². The molecular weight excluding hydrogens is 439 g/mol. The molecule has 0 saturated carbocycles. The number of nitrogens with one attached hydrogen (secondary N) is 1. The standard InChI is InChI=1S/C23H28Cl2N2O2S/c1-4-21(23(29)26-16(2)3)27(13-17-5-9-19(24)10-6-17)22(28)15-30-14-18-7-11-20(25)12-8-18/h5-12,16,21H,4,13-15H2,1-3H3,(H,26,29). The molecule has 1 atom stereocenters. The molecule has 0 heterocycles. The minimum absolute atomic E-state index is 0.0123. The average Bonchev–Trinajstić information content (AvgIpc) is 2.70. The molecule has 0 aliphatic carbocycles. The summed E-state index contributed by atoms with van der Waals surface area (Å²) in [6, 6.07) is 14.4. The van der Waals surface area contributed by atoms with Gasteiger partial charge in [-0.05, 0) is 55.7 Å². The topological polar surface area (TPSA) is 49.4 Å². The number of halogens is 2. The molecule has 1 unspecified atom stereocenters. The second-order valence-electron chi connectivity index (χ2n) is 7.35. The number of hydrogen-bond donors (Lipinski definition) is 1. The third-order valence-electron chi connectivity index (χ3n) is 4.49. The Hall–Kier alpha value is -1.69. The van der Waals surface area contributed by atoms with Crippen LogP contribution in [0.1, 0.15) is 38.3 Å². The van der Waals surface area contributed by atoms with Crippen LogP contribution in [0.5, 0.6) is 0 Å². The van der Waals surface area contributed by atoms with Gasteiger partial charge in [0.1, 0.15) is 6.04 Å². The maximum Gasteiger partial charge on any atom is 0.243 e. The molecule has 7 heteroatoms. The largest absolute Gasteiger partial charge is 0.352 e. The Morgan fingerprint density at radius 2 is 1.50 bits per heavy atom. The number of hydrogen-bond acceptors (Lipinski definition) is 3. The van der Waals surface area contributed by atoms with Crippen molar-refractivity contribution < 1.29 is 9.59 Å². The Bertz CT molecular complexity index is 826. The normalized spacial score (nSPS) is 11.9. The molecule has 0 aromatic heterocycles. The van der Waals surface area contributed by atoms with Crippen molar-refractivity contribution in [3.63, 3.8) is 0 Å². The van der Waals surface area contributed by atoms with Crippen LogP contribution in [0.15, 0.2) is 48.5 Å². The highest BCUT2D eigenvalue weighted by atomic mass is 35.5. The molecule has 4 nitrogen and oxygen atoms in total. The predicted octanol–water partition coefficient (Wildman–Crippen LogP) is 5.56. The molecule has 0 saturated heterocycles. The van der Waals surface area contributed by atoms with Crippen LogP contribution in [0.2, 0.25) is 10.0 Å². The Morgan fingerprint density at radius 1 is 0.967 bits per heavy atom. The van der Waals surface area contributed by atoms with Gasteiger partial charge in [-0.3, -0.25) is 9.59 Å².